The van der Waals surface area contributed by atoms with Crippen LogP contribution in [0, 0.1) is 0 Å². The summed E-state index contributed by atoms with van der Waals surface area (Å²) in [6, 6.07) is 7.63. The number of nitrogens with zero attached hydrogens (tertiary/aromatic N) is 1. The minimum atomic E-state index is 0.508. The molecular formula is C11H15N3OS. The summed E-state index contributed by atoms with van der Waals surface area (Å²) in [6.07, 6.45) is 1.67. The summed E-state index contributed by atoms with van der Waals surface area (Å²) in [5.41, 5.74) is 3.62. The molecular weight excluding hydrogens is 222 g/mol. The van der Waals surface area contributed by atoms with Gasteiger partial charge in [0.25, 0.3) is 0 Å². The predicted octanol–water partition coefficient (Wildman–Crippen LogP) is 1.51. The monoisotopic (exact) mass is 237 g/mol. The highest BCUT2D eigenvalue weighted by molar-refractivity contribution is 7.80. The first-order valence-electron chi connectivity index (χ1n) is 4.97. The molecule has 5 heteroatoms. The van der Waals surface area contributed by atoms with Gasteiger partial charge in [-0.2, -0.15) is 5.10 Å². The zero-order valence-corrected chi connectivity index (χ0v) is 10.2. The molecule has 1 aromatic carbocycles. The van der Waals surface area contributed by atoms with Crippen molar-refractivity contribution in [2.75, 3.05) is 13.7 Å². The maximum absolute atomic E-state index is 5.18. The fraction of sp³-hybridized carbons (Fsp3) is 0.273. The van der Waals surface area contributed by atoms with Gasteiger partial charge in [-0.05, 0) is 31.3 Å². The molecule has 86 valence electrons. The van der Waals surface area contributed by atoms with Crippen molar-refractivity contribution in [3.8, 4) is 5.75 Å². The van der Waals surface area contributed by atoms with Gasteiger partial charge in [-0.3, -0.25) is 5.43 Å². The smallest absolute Gasteiger partial charge is 0.186 e. The first kappa shape index (κ1) is 12.4. The van der Waals surface area contributed by atoms with Gasteiger partial charge < -0.3 is 10.1 Å². The number of nitrogens with one attached hydrogen (secondary N) is 2. The number of ether oxygens (including phenoxy) is 1. The lowest BCUT2D eigenvalue weighted by atomic mass is 10.2. The standard InChI is InChI=1S/C11H15N3OS/c1-3-12-11(16)14-13-8-9-6-4-5-7-10(9)15-2/h4-8H,3H2,1-2H3,(H2,12,14,16)/b13-8-. The SMILES string of the molecule is CCNC(=S)N/N=C\c1ccccc1OC. The number of hydrogen-bond acceptors (Lipinski definition) is 3. The van der Waals surface area contributed by atoms with Crippen LogP contribution in [0.2, 0.25) is 0 Å². The molecule has 0 aliphatic heterocycles. The Morgan fingerprint density at radius 2 is 2.25 bits per heavy atom. The van der Waals surface area contributed by atoms with Crippen molar-refractivity contribution in [2.24, 2.45) is 5.10 Å². The summed E-state index contributed by atoms with van der Waals surface area (Å²) < 4.78 is 5.18. The van der Waals surface area contributed by atoms with Crippen LogP contribution in [-0.2, 0) is 0 Å². The Morgan fingerprint density at radius 1 is 1.50 bits per heavy atom. The Bertz CT molecular complexity index is 379. The first-order chi connectivity index (χ1) is 7.77. The minimum Gasteiger partial charge on any atom is -0.496 e. The molecule has 0 bridgehead atoms. The van der Waals surface area contributed by atoms with Crippen molar-refractivity contribution in [3.63, 3.8) is 0 Å². The van der Waals surface area contributed by atoms with E-state index in [1.807, 2.05) is 31.2 Å². The van der Waals surface area contributed by atoms with E-state index in [1.165, 1.54) is 0 Å². The molecule has 0 heterocycles. The van der Waals surface area contributed by atoms with Crippen LogP contribution in [0.3, 0.4) is 0 Å². The van der Waals surface area contributed by atoms with E-state index in [4.69, 9.17) is 17.0 Å². The molecule has 1 aromatic rings. The Balaban J connectivity index is 2.58. The first-order valence-corrected chi connectivity index (χ1v) is 5.38. The third-order valence-electron chi connectivity index (χ3n) is 1.85. The summed E-state index contributed by atoms with van der Waals surface area (Å²) >= 11 is 4.96. The van der Waals surface area contributed by atoms with Gasteiger partial charge in [0.05, 0.1) is 13.3 Å². The number of para-hydroxylation sites is 1. The fourth-order valence-corrected chi connectivity index (χ4v) is 1.33. The number of benzene rings is 1. The highest BCUT2D eigenvalue weighted by Crippen LogP contribution is 2.14. The van der Waals surface area contributed by atoms with E-state index in [-0.39, 0.29) is 0 Å². The summed E-state index contributed by atoms with van der Waals surface area (Å²) in [4.78, 5) is 0. The molecule has 0 aromatic heterocycles. The number of rotatable bonds is 4. The molecule has 0 saturated heterocycles. The molecule has 2 N–H and O–H groups in total. The molecule has 0 spiro atoms. The number of thiocarbonyl (C=S) groups is 1. The second-order valence-corrected chi connectivity index (χ2v) is 3.38. The lowest BCUT2D eigenvalue weighted by Crippen LogP contribution is -2.31. The van der Waals surface area contributed by atoms with Crippen molar-refractivity contribution in [3.05, 3.63) is 29.8 Å². The van der Waals surface area contributed by atoms with Crippen LogP contribution in [-0.4, -0.2) is 25.0 Å². The zero-order chi connectivity index (χ0) is 11.8. The van der Waals surface area contributed by atoms with Crippen molar-refractivity contribution in [2.45, 2.75) is 6.92 Å². The van der Waals surface area contributed by atoms with E-state index >= 15 is 0 Å². The molecule has 0 aliphatic rings. The maximum atomic E-state index is 5.18. The molecule has 0 atom stereocenters. The average Bonchev–Trinajstić information content (AvgIpc) is 2.30. The van der Waals surface area contributed by atoms with Gasteiger partial charge in [-0.1, -0.05) is 12.1 Å². The van der Waals surface area contributed by atoms with Crippen LogP contribution < -0.4 is 15.5 Å². The molecule has 0 amide bonds. The molecule has 0 aliphatic carbocycles. The van der Waals surface area contributed by atoms with Gasteiger partial charge in [-0.15, -0.1) is 0 Å². The van der Waals surface area contributed by atoms with Crippen LogP contribution in [0.1, 0.15) is 12.5 Å². The predicted molar refractivity (Wildman–Crippen MR) is 70.0 cm³/mol. The minimum absolute atomic E-state index is 0.508. The second-order valence-electron chi connectivity index (χ2n) is 2.97. The maximum Gasteiger partial charge on any atom is 0.186 e. The Hall–Kier alpha value is -1.62. The second kappa shape index (κ2) is 6.79. The average molecular weight is 237 g/mol. The van der Waals surface area contributed by atoms with Crippen molar-refractivity contribution >= 4 is 23.5 Å². The number of hydrogen-bond donors (Lipinski definition) is 2. The van der Waals surface area contributed by atoms with Crippen LogP contribution in [0.5, 0.6) is 5.75 Å². The lowest BCUT2D eigenvalue weighted by Gasteiger charge is -2.04. The molecule has 0 unspecified atom stereocenters. The molecule has 16 heavy (non-hydrogen) atoms. The van der Waals surface area contributed by atoms with E-state index < -0.39 is 0 Å². The van der Waals surface area contributed by atoms with Crippen molar-refractivity contribution in [1.29, 1.82) is 0 Å². The van der Waals surface area contributed by atoms with E-state index in [0.717, 1.165) is 17.9 Å². The quantitative estimate of drug-likeness (QED) is 0.473. The van der Waals surface area contributed by atoms with Gasteiger partial charge in [-0.25, -0.2) is 0 Å². The Kier molecular flexibility index (Phi) is 5.28. The summed E-state index contributed by atoms with van der Waals surface area (Å²) in [5, 5.41) is 7.45. The van der Waals surface area contributed by atoms with Crippen LogP contribution in [0.25, 0.3) is 0 Å². The summed E-state index contributed by atoms with van der Waals surface area (Å²) in [5.74, 6) is 0.780. The fourth-order valence-electron chi connectivity index (χ4n) is 1.13. The topological polar surface area (TPSA) is 45.7 Å². The Labute approximate surface area is 101 Å². The van der Waals surface area contributed by atoms with Gasteiger partial charge >= 0.3 is 0 Å². The molecule has 0 radical (unpaired) electrons. The van der Waals surface area contributed by atoms with E-state index in [2.05, 4.69) is 15.8 Å². The zero-order valence-electron chi connectivity index (χ0n) is 9.36. The van der Waals surface area contributed by atoms with Crippen molar-refractivity contribution in [1.82, 2.24) is 10.7 Å². The van der Waals surface area contributed by atoms with E-state index in [0.29, 0.717) is 5.11 Å². The highest BCUT2D eigenvalue weighted by atomic mass is 32.1. The Morgan fingerprint density at radius 3 is 2.94 bits per heavy atom. The van der Waals surface area contributed by atoms with E-state index in [9.17, 15) is 0 Å². The normalized spacial score (nSPS) is 10.1. The third-order valence-corrected chi connectivity index (χ3v) is 2.08. The molecule has 0 fully saturated rings. The summed E-state index contributed by atoms with van der Waals surface area (Å²) in [7, 11) is 1.63. The van der Waals surface area contributed by atoms with Gasteiger partial charge in [0.15, 0.2) is 5.11 Å². The number of hydrazone groups is 1. The largest absolute Gasteiger partial charge is 0.496 e. The molecule has 0 saturated carbocycles. The van der Waals surface area contributed by atoms with Gasteiger partial charge in [0, 0.05) is 12.1 Å². The molecule has 1 rings (SSSR count). The number of methoxy groups -OCH3 is 1. The van der Waals surface area contributed by atoms with Gasteiger partial charge in [0.1, 0.15) is 5.75 Å². The highest BCUT2D eigenvalue weighted by Gasteiger charge is 1.97. The van der Waals surface area contributed by atoms with Crippen LogP contribution in [0.15, 0.2) is 29.4 Å². The lowest BCUT2D eigenvalue weighted by molar-refractivity contribution is 0.414. The summed E-state index contributed by atoms with van der Waals surface area (Å²) in [6.45, 7) is 2.74. The van der Waals surface area contributed by atoms with Gasteiger partial charge in [0.2, 0.25) is 0 Å². The molecule has 4 nitrogen and oxygen atoms in total. The van der Waals surface area contributed by atoms with Crippen LogP contribution >= 0.6 is 12.2 Å². The third kappa shape index (κ3) is 3.86. The van der Waals surface area contributed by atoms with Crippen LogP contribution in [0.4, 0.5) is 0 Å². The van der Waals surface area contributed by atoms with E-state index in [1.54, 1.807) is 13.3 Å². The van der Waals surface area contributed by atoms with Crippen molar-refractivity contribution < 1.29 is 4.74 Å².